The number of benzene rings is 2. The molecule has 7 rings (SSSR count). The van der Waals surface area contributed by atoms with Crippen LogP contribution < -0.4 is 10.6 Å². The van der Waals surface area contributed by atoms with E-state index in [0.29, 0.717) is 43.6 Å². The molecular weight excluding hydrogens is 724 g/mol. The minimum absolute atomic E-state index is 0.0511. The molecule has 3 heterocycles. The number of nitrogens with zero attached hydrogens (tertiary/aromatic N) is 5. The summed E-state index contributed by atoms with van der Waals surface area (Å²) in [6.45, 7) is 2.09. The van der Waals surface area contributed by atoms with Gasteiger partial charge in [0, 0.05) is 42.8 Å². The molecular formula is C37H32ClF6N7O2. The van der Waals surface area contributed by atoms with E-state index in [1.165, 1.54) is 13.8 Å². The van der Waals surface area contributed by atoms with Gasteiger partial charge >= 0.3 is 0 Å². The fraction of sp³-hybridized carbons (Fsp3) is 0.351. The Kier molecular flexibility index (Phi) is 8.97. The number of amides is 1. The summed E-state index contributed by atoms with van der Waals surface area (Å²) in [6, 6.07) is 8.22. The van der Waals surface area contributed by atoms with Crippen LogP contribution in [-0.4, -0.2) is 48.2 Å². The van der Waals surface area contributed by atoms with Crippen LogP contribution in [0, 0.1) is 29.4 Å². The third-order valence-corrected chi connectivity index (χ3v) is 9.69. The Morgan fingerprint density at radius 3 is 2.45 bits per heavy atom. The highest BCUT2D eigenvalue weighted by Gasteiger charge is 2.67. The van der Waals surface area contributed by atoms with Crippen LogP contribution in [0.4, 0.5) is 32.2 Å². The van der Waals surface area contributed by atoms with Gasteiger partial charge in [0.1, 0.15) is 40.9 Å². The Bertz CT molecular complexity index is 2340. The number of hydrogen-bond donors (Lipinski definition) is 3. The summed E-state index contributed by atoms with van der Waals surface area (Å²) >= 11 is 6.61. The maximum Gasteiger partial charge on any atom is 0.293 e. The minimum atomic E-state index is -3.46. The molecule has 0 unspecified atom stereocenters. The first-order valence-corrected chi connectivity index (χ1v) is 17.0. The molecule has 5 aromatic rings. The number of carbonyl (C=O) groups is 1. The molecule has 53 heavy (non-hydrogen) atoms. The summed E-state index contributed by atoms with van der Waals surface area (Å²) in [5.41, 5.74) is -1.18. The summed E-state index contributed by atoms with van der Waals surface area (Å²) < 4.78 is 89.8. The molecule has 3 atom stereocenters. The van der Waals surface area contributed by atoms with Crippen LogP contribution in [0.2, 0.25) is 5.02 Å². The Morgan fingerprint density at radius 1 is 1.09 bits per heavy atom. The summed E-state index contributed by atoms with van der Waals surface area (Å²) in [7, 11) is 3.37. The molecule has 0 bridgehead atoms. The number of aryl methyl sites for hydroxylation is 1. The van der Waals surface area contributed by atoms with Crippen molar-refractivity contribution in [2.24, 2.45) is 13.0 Å². The Balaban J connectivity index is 1.37. The van der Waals surface area contributed by atoms with Crippen LogP contribution in [0.3, 0.4) is 0 Å². The van der Waals surface area contributed by atoms with Gasteiger partial charge < -0.3 is 15.7 Å². The quantitative estimate of drug-likeness (QED) is 0.109. The molecule has 16 heteroatoms. The van der Waals surface area contributed by atoms with Gasteiger partial charge in [-0.15, -0.1) is 0 Å². The first kappa shape index (κ1) is 36.3. The Morgan fingerprint density at radius 2 is 1.79 bits per heavy atom. The van der Waals surface area contributed by atoms with E-state index in [4.69, 9.17) is 16.6 Å². The second kappa shape index (κ2) is 13.1. The third kappa shape index (κ3) is 6.70. The zero-order valence-electron chi connectivity index (χ0n) is 28.7. The number of nitrogens with one attached hydrogen (secondary N) is 2. The van der Waals surface area contributed by atoms with Crippen LogP contribution in [0.15, 0.2) is 42.5 Å². The second-order valence-electron chi connectivity index (χ2n) is 13.8. The highest BCUT2D eigenvalue weighted by Crippen LogP contribution is 2.68. The van der Waals surface area contributed by atoms with Crippen LogP contribution >= 0.6 is 11.6 Å². The SMILES string of the molecule is CNc1nn(C)c2c(-c3ccc(C#CC(C)(C)O)nc3[C@H](Cc3cc(F)cc(F)c3)NC(=O)Cn3nc(C(F)F)c4c3C(F)(F)[C@@H]3C[C@H]43)ccc(Cl)c12. The molecule has 276 valence electrons. The number of aliphatic hydroxyl groups is 1. The smallest absolute Gasteiger partial charge is 0.293 e. The van der Waals surface area contributed by atoms with E-state index in [1.54, 1.807) is 43.0 Å². The van der Waals surface area contributed by atoms with Crippen molar-refractivity contribution in [1.29, 1.82) is 0 Å². The van der Waals surface area contributed by atoms with E-state index in [0.717, 1.165) is 12.1 Å². The van der Waals surface area contributed by atoms with Gasteiger partial charge in [-0.1, -0.05) is 23.6 Å². The molecule has 3 aromatic heterocycles. The highest BCUT2D eigenvalue weighted by atomic mass is 35.5. The first-order chi connectivity index (χ1) is 25.0. The summed E-state index contributed by atoms with van der Waals surface area (Å²) in [5.74, 6) is -2.08. The van der Waals surface area contributed by atoms with Crippen LogP contribution in [0.25, 0.3) is 22.0 Å². The maximum absolute atomic E-state index is 15.3. The molecule has 1 amide bonds. The van der Waals surface area contributed by atoms with E-state index in [9.17, 15) is 27.5 Å². The molecule has 0 radical (unpaired) electrons. The second-order valence-corrected chi connectivity index (χ2v) is 14.2. The average Bonchev–Trinajstić information content (AvgIpc) is 3.60. The van der Waals surface area contributed by atoms with Crippen molar-refractivity contribution >= 4 is 34.2 Å². The number of carbonyl (C=O) groups excluding carboxylic acids is 1. The van der Waals surface area contributed by atoms with Crippen molar-refractivity contribution in [1.82, 2.24) is 29.9 Å². The van der Waals surface area contributed by atoms with Gasteiger partial charge in [0.2, 0.25) is 5.91 Å². The Labute approximate surface area is 304 Å². The maximum atomic E-state index is 15.3. The lowest BCUT2D eigenvalue weighted by Gasteiger charge is -2.23. The normalized spacial score (nSPS) is 17.7. The number of pyridine rings is 1. The summed E-state index contributed by atoms with van der Waals surface area (Å²) in [6.07, 6.45) is -3.34. The van der Waals surface area contributed by atoms with Crippen molar-refractivity contribution in [3.05, 3.63) is 93.0 Å². The minimum Gasteiger partial charge on any atom is -0.378 e. The van der Waals surface area contributed by atoms with Crippen molar-refractivity contribution < 1.29 is 36.2 Å². The van der Waals surface area contributed by atoms with Gasteiger partial charge in [0.15, 0.2) is 5.82 Å². The molecule has 2 aliphatic rings. The predicted octanol–water partition coefficient (Wildman–Crippen LogP) is 7.17. The van der Waals surface area contributed by atoms with Gasteiger partial charge in [-0.05, 0) is 74.4 Å². The standard InChI is InChI=1S/C37H32ClF6N7O2/c1-36(2,53)10-9-20-5-6-21(22-7-8-25(38)29-32(22)50(4)49-35(29)45-3)30(46-20)26(13-17-11-18(39)14-19(40)12-17)47-27(52)16-51-33-28(31(48-51)34(41)42)23-15-24(23)37(33,43)44/h5-8,11-12,14,23-24,26,34,53H,13,15-16H2,1-4H3,(H,45,49)(H,47,52)/t23-,24+,26-/m0/s1. The van der Waals surface area contributed by atoms with Crippen molar-refractivity contribution in [3.8, 4) is 23.0 Å². The van der Waals surface area contributed by atoms with Crippen LogP contribution in [0.5, 0.6) is 0 Å². The highest BCUT2D eigenvalue weighted by molar-refractivity contribution is 6.37. The van der Waals surface area contributed by atoms with E-state index in [-0.39, 0.29) is 35.4 Å². The molecule has 3 N–H and O–H groups in total. The van der Waals surface area contributed by atoms with Gasteiger partial charge in [-0.25, -0.2) is 22.5 Å². The van der Waals surface area contributed by atoms with Gasteiger partial charge in [-0.3, -0.25) is 14.2 Å². The number of halogens is 7. The first-order valence-electron chi connectivity index (χ1n) is 16.6. The predicted molar refractivity (Wildman–Crippen MR) is 185 cm³/mol. The van der Waals surface area contributed by atoms with Crippen LogP contribution in [0.1, 0.15) is 72.6 Å². The number of alkyl halides is 4. The number of fused-ring (bicyclic) bond motifs is 4. The van der Waals surface area contributed by atoms with E-state index >= 15 is 8.78 Å². The summed E-state index contributed by atoms with van der Waals surface area (Å²) in [4.78, 5) is 18.6. The van der Waals surface area contributed by atoms with E-state index < -0.39 is 71.3 Å². The molecule has 2 aromatic carbocycles. The largest absolute Gasteiger partial charge is 0.378 e. The number of hydrogen-bond acceptors (Lipinski definition) is 6. The van der Waals surface area contributed by atoms with Gasteiger partial charge in [0.05, 0.1) is 27.7 Å². The fourth-order valence-corrected chi connectivity index (χ4v) is 7.40. The number of anilines is 1. The monoisotopic (exact) mass is 755 g/mol. The van der Waals surface area contributed by atoms with Gasteiger partial charge in [0.25, 0.3) is 12.3 Å². The van der Waals surface area contributed by atoms with Crippen molar-refractivity contribution in [2.45, 2.75) is 63.1 Å². The van der Waals surface area contributed by atoms with E-state index in [1.807, 2.05) is 0 Å². The molecule has 9 nitrogen and oxygen atoms in total. The molecule has 0 spiro atoms. The summed E-state index contributed by atoms with van der Waals surface area (Å²) in [5, 5.41) is 25.3. The molecule has 0 saturated heterocycles. The topological polar surface area (TPSA) is 110 Å². The zero-order chi connectivity index (χ0) is 38.1. The lowest BCUT2D eigenvalue weighted by Crippen LogP contribution is -2.35. The fourth-order valence-electron chi connectivity index (χ4n) is 7.16. The number of rotatable bonds is 9. The van der Waals surface area contributed by atoms with Crippen molar-refractivity contribution in [3.63, 3.8) is 0 Å². The van der Waals surface area contributed by atoms with Gasteiger partial charge in [-0.2, -0.15) is 19.0 Å². The third-order valence-electron chi connectivity index (χ3n) is 9.37. The lowest BCUT2D eigenvalue weighted by atomic mass is 9.93. The molecule has 2 aliphatic carbocycles. The zero-order valence-corrected chi connectivity index (χ0v) is 29.5. The molecule has 1 fully saturated rings. The van der Waals surface area contributed by atoms with Crippen molar-refractivity contribution in [2.75, 3.05) is 12.4 Å². The Hall–Kier alpha value is -5.07. The lowest BCUT2D eigenvalue weighted by molar-refractivity contribution is -0.123. The van der Waals surface area contributed by atoms with Crippen LogP contribution in [-0.2, 0) is 30.7 Å². The average molecular weight is 756 g/mol. The molecule has 1 saturated carbocycles. The van der Waals surface area contributed by atoms with E-state index in [2.05, 4.69) is 32.7 Å². The number of aromatic nitrogens is 5. The molecule has 0 aliphatic heterocycles.